The topological polar surface area (TPSA) is 51.2 Å². The van der Waals surface area contributed by atoms with Crippen LogP contribution in [0.25, 0.3) is 11.0 Å². The zero-order chi connectivity index (χ0) is 9.26. The van der Waals surface area contributed by atoms with Gasteiger partial charge in [0.05, 0.1) is 6.26 Å². The van der Waals surface area contributed by atoms with Gasteiger partial charge in [-0.05, 0) is 25.2 Å². The van der Waals surface area contributed by atoms with Crippen LogP contribution in [-0.4, -0.2) is 7.05 Å². The molecule has 0 atom stereocenters. The molecule has 1 heterocycles. The first-order chi connectivity index (χ1) is 6.31. The Morgan fingerprint density at radius 3 is 3.08 bits per heavy atom. The maximum absolute atomic E-state index is 5.69. The highest BCUT2D eigenvalue weighted by atomic mass is 16.3. The molecule has 2 aromatic rings. The third-order valence-electron chi connectivity index (χ3n) is 2.04. The van der Waals surface area contributed by atoms with E-state index in [1.54, 1.807) is 6.26 Å². The van der Waals surface area contributed by atoms with Crippen molar-refractivity contribution in [2.45, 2.75) is 6.54 Å². The van der Waals surface area contributed by atoms with Crippen LogP contribution in [-0.2, 0) is 6.54 Å². The molecule has 0 aliphatic rings. The van der Waals surface area contributed by atoms with E-state index in [-0.39, 0.29) is 0 Å². The average Bonchev–Trinajstić information content (AvgIpc) is 2.49. The monoisotopic (exact) mass is 176 g/mol. The molecule has 0 saturated carbocycles. The number of fused-ring (bicyclic) bond motifs is 1. The van der Waals surface area contributed by atoms with Gasteiger partial charge in [-0.3, -0.25) is 0 Å². The number of anilines is 1. The van der Waals surface area contributed by atoms with E-state index in [0.717, 1.165) is 28.8 Å². The third-order valence-corrected chi connectivity index (χ3v) is 2.04. The first-order valence-corrected chi connectivity index (χ1v) is 4.21. The first kappa shape index (κ1) is 8.13. The minimum absolute atomic E-state index is 0.770. The minimum Gasteiger partial charge on any atom is -0.464 e. The molecule has 0 amide bonds. The zero-order valence-corrected chi connectivity index (χ0v) is 7.50. The summed E-state index contributed by atoms with van der Waals surface area (Å²) in [5, 5.41) is 4.17. The van der Waals surface area contributed by atoms with E-state index in [2.05, 4.69) is 5.32 Å². The normalized spacial score (nSPS) is 10.8. The molecule has 1 aromatic heterocycles. The van der Waals surface area contributed by atoms with Gasteiger partial charge in [-0.15, -0.1) is 0 Å². The van der Waals surface area contributed by atoms with Crippen LogP contribution < -0.4 is 11.1 Å². The van der Waals surface area contributed by atoms with Crippen molar-refractivity contribution in [1.82, 2.24) is 5.32 Å². The van der Waals surface area contributed by atoms with E-state index in [9.17, 15) is 0 Å². The van der Waals surface area contributed by atoms with E-state index in [0.29, 0.717) is 0 Å². The lowest BCUT2D eigenvalue weighted by molar-refractivity contribution is 0.607. The van der Waals surface area contributed by atoms with Crippen LogP contribution in [0.15, 0.2) is 28.9 Å². The van der Waals surface area contributed by atoms with E-state index < -0.39 is 0 Å². The number of nitrogens with one attached hydrogen (secondary N) is 1. The Bertz CT molecular complexity index is 420. The van der Waals surface area contributed by atoms with Gasteiger partial charge in [-0.2, -0.15) is 0 Å². The van der Waals surface area contributed by atoms with Crippen molar-refractivity contribution in [2.24, 2.45) is 0 Å². The third kappa shape index (κ3) is 1.38. The van der Waals surface area contributed by atoms with Gasteiger partial charge in [0.25, 0.3) is 0 Å². The Hall–Kier alpha value is -1.48. The lowest BCUT2D eigenvalue weighted by Gasteiger charge is -1.96. The molecule has 0 fully saturated rings. The SMILES string of the molecule is CNCc1coc2ccc(N)cc12. The summed E-state index contributed by atoms with van der Waals surface area (Å²) >= 11 is 0. The molecule has 2 rings (SSSR count). The van der Waals surface area contributed by atoms with Crippen LogP contribution in [0.3, 0.4) is 0 Å². The highest BCUT2D eigenvalue weighted by Gasteiger charge is 2.04. The van der Waals surface area contributed by atoms with Crippen molar-refractivity contribution in [3.63, 3.8) is 0 Å². The van der Waals surface area contributed by atoms with Crippen molar-refractivity contribution in [1.29, 1.82) is 0 Å². The standard InChI is InChI=1S/C10H12N2O/c1-12-5-7-6-13-10-3-2-8(11)4-9(7)10/h2-4,6,12H,5,11H2,1H3. The molecule has 0 aliphatic carbocycles. The number of nitrogens with two attached hydrogens (primary N) is 1. The number of furan rings is 1. The summed E-state index contributed by atoms with van der Waals surface area (Å²) in [5.74, 6) is 0. The Balaban J connectivity index is 2.58. The van der Waals surface area contributed by atoms with Crippen molar-refractivity contribution >= 4 is 16.7 Å². The molecular formula is C10H12N2O. The van der Waals surface area contributed by atoms with Crippen LogP contribution in [0.1, 0.15) is 5.56 Å². The van der Waals surface area contributed by atoms with Gasteiger partial charge in [-0.1, -0.05) is 0 Å². The molecule has 0 aliphatic heterocycles. The van der Waals surface area contributed by atoms with Gasteiger partial charge in [0.15, 0.2) is 0 Å². The zero-order valence-electron chi connectivity index (χ0n) is 7.50. The van der Waals surface area contributed by atoms with Gasteiger partial charge >= 0.3 is 0 Å². The largest absolute Gasteiger partial charge is 0.464 e. The highest BCUT2D eigenvalue weighted by Crippen LogP contribution is 2.23. The molecular weight excluding hydrogens is 164 g/mol. The van der Waals surface area contributed by atoms with Crippen LogP contribution in [0.2, 0.25) is 0 Å². The Morgan fingerprint density at radius 1 is 1.46 bits per heavy atom. The van der Waals surface area contributed by atoms with E-state index in [4.69, 9.17) is 10.2 Å². The van der Waals surface area contributed by atoms with Crippen LogP contribution >= 0.6 is 0 Å². The number of benzene rings is 1. The summed E-state index contributed by atoms with van der Waals surface area (Å²) in [5.41, 5.74) is 8.49. The molecule has 13 heavy (non-hydrogen) atoms. The fraction of sp³-hybridized carbons (Fsp3) is 0.200. The maximum Gasteiger partial charge on any atom is 0.134 e. The highest BCUT2D eigenvalue weighted by molar-refractivity contribution is 5.84. The smallest absolute Gasteiger partial charge is 0.134 e. The molecule has 1 aromatic carbocycles. The summed E-state index contributed by atoms with van der Waals surface area (Å²) in [6.45, 7) is 0.802. The fourth-order valence-corrected chi connectivity index (χ4v) is 1.43. The van der Waals surface area contributed by atoms with Crippen molar-refractivity contribution in [3.05, 3.63) is 30.0 Å². The van der Waals surface area contributed by atoms with E-state index >= 15 is 0 Å². The van der Waals surface area contributed by atoms with E-state index in [1.807, 2.05) is 25.2 Å². The van der Waals surface area contributed by atoms with Gasteiger partial charge < -0.3 is 15.5 Å². The molecule has 0 spiro atoms. The molecule has 0 unspecified atom stereocenters. The summed E-state index contributed by atoms with van der Waals surface area (Å²) in [4.78, 5) is 0. The molecule has 3 N–H and O–H groups in total. The summed E-state index contributed by atoms with van der Waals surface area (Å²) in [7, 11) is 1.91. The van der Waals surface area contributed by atoms with Crippen molar-refractivity contribution < 1.29 is 4.42 Å². The Morgan fingerprint density at radius 2 is 2.31 bits per heavy atom. The Kier molecular flexibility index (Phi) is 1.94. The number of hydrogen-bond donors (Lipinski definition) is 2. The predicted octanol–water partition coefficient (Wildman–Crippen LogP) is 1.73. The van der Waals surface area contributed by atoms with Crippen LogP contribution in [0.5, 0.6) is 0 Å². The summed E-state index contributed by atoms with van der Waals surface area (Å²) in [6.07, 6.45) is 1.76. The molecule has 0 saturated heterocycles. The van der Waals surface area contributed by atoms with Gasteiger partial charge in [0, 0.05) is 23.2 Å². The van der Waals surface area contributed by atoms with Gasteiger partial charge in [-0.25, -0.2) is 0 Å². The Labute approximate surface area is 76.5 Å². The van der Waals surface area contributed by atoms with E-state index in [1.165, 1.54) is 0 Å². The number of nitrogen functional groups attached to an aromatic ring is 1. The minimum atomic E-state index is 0.770. The fourth-order valence-electron chi connectivity index (χ4n) is 1.43. The average molecular weight is 176 g/mol. The summed E-state index contributed by atoms with van der Waals surface area (Å²) in [6, 6.07) is 5.67. The second-order valence-electron chi connectivity index (χ2n) is 3.05. The quantitative estimate of drug-likeness (QED) is 0.685. The maximum atomic E-state index is 5.69. The van der Waals surface area contributed by atoms with Gasteiger partial charge in [0.1, 0.15) is 5.58 Å². The molecule has 68 valence electrons. The van der Waals surface area contributed by atoms with Crippen molar-refractivity contribution in [2.75, 3.05) is 12.8 Å². The van der Waals surface area contributed by atoms with Crippen LogP contribution in [0.4, 0.5) is 5.69 Å². The second kappa shape index (κ2) is 3.11. The lowest BCUT2D eigenvalue weighted by atomic mass is 10.1. The molecule has 0 radical (unpaired) electrons. The second-order valence-corrected chi connectivity index (χ2v) is 3.05. The van der Waals surface area contributed by atoms with Gasteiger partial charge in [0.2, 0.25) is 0 Å². The molecule has 0 bridgehead atoms. The predicted molar refractivity (Wildman–Crippen MR) is 53.4 cm³/mol. The molecule has 3 nitrogen and oxygen atoms in total. The van der Waals surface area contributed by atoms with Crippen molar-refractivity contribution in [3.8, 4) is 0 Å². The summed E-state index contributed by atoms with van der Waals surface area (Å²) < 4.78 is 5.36. The first-order valence-electron chi connectivity index (χ1n) is 4.21. The van der Waals surface area contributed by atoms with Crippen LogP contribution in [0, 0.1) is 0 Å². The number of hydrogen-bond acceptors (Lipinski definition) is 3. The molecule has 3 heteroatoms. The lowest BCUT2D eigenvalue weighted by Crippen LogP contribution is -2.03. The number of rotatable bonds is 2.